The van der Waals surface area contributed by atoms with E-state index in [0.29, 0.717) is 11.3 Å². The number of nitrogens with zero attached hydrogens (tertiary/aromatic N) is 1. The first-order valence-corrected chi connectivity index (χ1v) is 8.54. The van der Waals surface area contributed by atoms with E-state index in [-0.39, 0.29) is 12.1 Å². The van der Waals surface area contributed by atoms with E-state index < -0.39 is 0 Å². The molecule has 1 aromatic rings. The molecule has 3 atom stereocenters. The molecule has 3 unspecified atom stereocenters. The van der Waals surface area contributed by atoms with Crippen LogP contribution in [0.5, 0.6) is 0 Å². The van der Waals surface area contributed by atoms with Crippen LogP contribution in [0.3, 0.4) is 0 Å². The first kappa shape index (κ1) is 16.2. The van der Waals surface area contributed by atoms with E-state index in [1.807, 2.05) is 35.8 Å². The van der Waals surface area contributed by atoms with Gasteiger partial charge in [-0.1, -0.05) is 19.1 Å². The van der Waals surface area contributed by atoms with Crippen LogP contribution < -0.4 is 10.6 Å². The number of carbonyl (C=O) groups is 1. The molecule has 116 valence electrons. The second-order valence-corrected chi connectivity index (χ2v) is 7.06. The van der Waals surface area contributed by atoms with Crippen LogP contribution in [-0.2, 0) is 0 Å². The third kappa shape index (κ3) is 3.92. The Morgan fingerprint density at radius 2 is 2.00 bits per heavy atom. The quantitative estimate of drug-likeness (QED) is 0.900. The highest BCUT2D eigenvalue weighted by Gasteiger charge is 2.28. The molecule has 1 fully saturated rings. The lowest BCUT2D eigenvalue weighted by atomic mass is 10.1. The number of amides is 2. The lowest BCUT2D eigenvalue weighted by Crippen LogP contribution is -2.49. The fourth-order valence-electron chi connectivity index (χ4n) is 2.44. The zero-order valence-corrected chi connectivity index (χ0v) is 14.0. The summed E-state index contributed by atoms with van der Waals surface area (Å²) in [7, 11) is 1.94. The molecule has 0 radical (unpaired) electrons. The summed E-state index contributed by atoms with van der Waals surface area (Å²) in [5.41, 5.74) is 2.07. The van der Waals surface area contributed by atoms with Crippen LogP contribution in [0.2, 0.25) is 0 Å². The molecule has 0 saturated carbocycles. The number of benzene rings is 1. The van der Waals surface area contributed by atoms with Crippen molar-refractivity contribution in [2.24, 2.45) is 0 Å². The first-order valence-electron chi connectivity index (χ1n) is 7.49. The van der Waals surface area contributed by atoms with Crippen LogP contribution in [0.25, 0.3) is 0 Å². The van der Waals surface area contributed by atoms with Crippen molar-refractivity contribution in [3.05, 3.63) is 29.8 Å². The van der Waals surface area contributed by atoms with Crippen LogP contribution in [0.4, 0.5) is 10.5 Å². The van der Waals surface area contributed by atoms with Crippen molar-refractivity contribution in [3.8, 4) is 0 Å². The van der Waals surface area contributed by atoms with Gasteiger partial charge in [0.1, 0.15) is 0 Å². The number of rotatable bonds is 3. The van der Waals surface area contributed by atoms with Crippen LogP contribution in [0, 0.1) is 0 Å². The third-order valence-corrected chi connectivity index (χ3v) is 5.58. The molecule has 5 heteroatoms. The summed E-state index contributed by atoms with van der Waals surface area (Å²) < 4.78 is 0. The lowest BCUT2D eigenvalue weighted by molar-refractivity contribution is 0.194. The van der Waals surface area contributed by atoms with E-state index in [4.69, 9.17) is 0 Å². The van der Waals surface area contributed by atoms with Gasteiger partial charge in [0.2, 0.25) is 0 Å². The SMILES string of the molecule is CNC(C)c1ccc(NC(=O)N2CCSC(C)C2C)cc1. The second kappa shape index (κ2) is 7.18. The maximum Gasteiger partial charge on any atom is 0.322 e. The molecule has 2 amide bonds. The standard InChI is InChI=1S/C16H25N3OS/c1-11(17-4)14-5-7-15(8-6-14)18-16(20)19-9-10-21-13(3)12(19)2/h5-8,11-13,17H,9-10H2,1-4H3,(H,18,20). The Morgan fingerprint density at radius 1 is 1.33 bits per heavy atom. The van der Waals surface area contributed by atoms with Gasteiger partial charge in [-0.15, -0.1) is 0 Å². The molecular weight excluding hydrogens is 282 g/mol. The van der Waals surface area contributed by atoms with E-state index in [0.717, 1.165) is 18.0 Å². The van der Waals surface area contributed by atoms with Crippen molar-refractivity contribution in [2.75, 3.05) is 24.7 Å². The van der Waals surface area contributed by atoms with Crippen LogP contribution >= 0.6 is 11.8 Å². The molecule has 0 spiro atoms. The van der Waals surface area contributed by atoms with Gasteiger partial charge in [-0.2, -0.15) is 11.8 Å². The zero-order valence-electron chi connectivity index (χ0n) is 13.2. The summed E-state index contributed by atoms with van der Waals surface area (Å²) in [4.78, 5) is 14.3. The summed E-state index contributed by atoms with van der Waals surface area (Å²) in [6.07, 6.45) is 0. The highest BCUT2D eigenvalue weighted by atomic mass is 32.2. The molecule has 1 saturated heterocycles. The largest absolute Gasteiger partial charge is 0.322 e. The molecule has 1 aliphatic rings. The van der Waals surface area contributed by atoms with Crippen molar-refractivity contribution in [1.82, 2.24) is 10.2 Å². The molecule has 1 aliphatic heterocycles. The van der Waals surface area contributed by atoms with Crippen molar-refractivity contribution in [1.29, 1.82) is 0 Å². The highest BCUT2D eigenvalue weighted by Crippen LogP contribution is 2.25. The van der Waals surface area contributed by atoms with Crippen LogP contribution in [-0.4, -0.2) is 41.6 Å². The number of thioether (sulfide) groups is 1. The van der Waals surface area contributed by atoms with E-state index in [9.17, 15) is 4.79 Å². The van der Waals surface area contributed by atoms with Gasteiger partial charge < -0.3 is 15.5 Å². The Balaban J connectivity index is 1.99. The Hall–Kier alpha value is -1.20. The number of urea groups is 1. The van der Waals surface area contributed by atoms with Gasteiger partial charge in [-0.3, -0.25) is 0 Å². The Morgan fingerprint density at radius 3 is 2.62 bits per heavy atom. The Kier molecular flexibility index (Phi) is 5.53. The van der Waals surface area contributed by atoms with Gasteiger partial charge in [-0.25, -0.2) is 4.79 Å². The van der Waals surface area contributed by atoms with E-state index in [1.54, 1.807) is 0 Å². The summed E-state index contributed by atoms with van der Waals surface area (Å²) in [6, 6.07) is 8.62. The van der Waals surface area contributed by atoms with Crippen molar-refractivity contribution in [2.45, 2.75) is 38.1 Å². The molecule has 4 nitrogen and oxygen atoms in total. The van der Waals surface area contributed by atoms with Gasteiger partial charge in [0.15, 0.2) is 0 Å². The monoisotopic (exact) mass is 307 g/mol. The summed E-state index contributed by atoms with van der Waals surface area (Å²) in [5.74, 6) is 1.01. The number of hydrogen-bond donors (Lipinski definition) is 2. The fourth-order valence-corrected chi connectivity index (χ4v) is 3.54. The van der Waals surface area contributed by atoms with Crippen LogP contribution in [0.1, 0.15) is 32.4 Å². The summed E-state index contributed by atoms with van der Waals surface area (Å²) >= 11 is 1.93. The van der Waals surface area contributed by atoms with E-state index in [1.165, 1.54) is 5.56 Å². The smallest absolute Gasteiger partial charge is 0.320 e. The van der Waals surface area contributed by atoms with Gasteiger partial charge in [0.05, 0.1) is 0 Å². The number of anilines is 1. The predicted octanol–water partition coefficient (Wildman–Crippen LogP) is 3.32. The molecule has 2 rings (SSSR count). The van der Waals surface area contributed by atoms with Gasteiger partial charge in [-0.05, 0) is 38.6 Å². The highest BCUT2D eigenvalue weighted by molar-refractivity contribution is 8.00. The Bertz CT molecular complexity index is 477. The molecule has 0 aliphatic carbocycles. The third-order valence-electron chi connectivity index (χ3n) is 4.24. The minimum atomic E-state index is 0.00376. The second-order valence-electron chi connectivity index (χ2n) is 5.57. The topological polar surface area (TPSA) is 44.4 Å². The molecule has 0 aromatic heterocycles. The average Bonchev–Trinajstić information content (AvgIpc) is 2.50. The maximum atomic E-state index is 12.4. The van der Waals surface area contributed by atoms with Crippen molar-refractivity contribution in [3.63, 3.8) is 0 Å². The molecule has 1 heterocycles. The molecule has 1 aromatic carbocycles. The lowest BCUT2D eigenvalue weighted by Gasteiger charge is -2.37. The molecular formula is C16H25N3OS. The molecule has 0 bridgehead atoms. The fraction of sp³-hybridized carbons (Fsp3) is 0.562. The zero-order chi connectivity index (χ0) is 15.4. The number of hydrogen-bond acceptors (Lipinski definition) is 3. The van der Waals surface area contributed by atoms with Gasteiger partial charge >= 0.3 is 6.03 Å². The minimum absolute atomic E-state index is 0.00376. The van der Waals surface area contributed by atoms with Crippen LogP contribution in [0.15, 0.2) is 24.3 Å². The number of nitrogens with one attached hydrogen (secondary N) is 2. The normalized spacial score (nSPS) is 23.7. The average molecular weight is 307 g/mol. The molecule has 2 N–H and O–H groups in total. The predicted molar refractivity (Wildman–Crippen MR) is 91.0 cm³/mol. The van der Waals surface area contributed by atoms with Gasteiger partial charge in [0.25, 0.3) is 0 Å². The molecule has 21 heavy (non-hydrogen) atoms. The number of carbonyl (C=O) groups excluding carboxylic acids is 1. The van der Waals surface area contributed by atoms with E-state index in [2.05, 4.69) is 43.5 Å². The van der Waals surface area contributed by atoms with E-state index >= 15 is 0 Å². The first-order chi connectivity index (χ1) is 10.0. The summed E-state index contributed by atoms with van der Waals surface area (Å²) in [5, 5.41) is 6.70. The maximum absolute atomic E-state index is 12.4. The van der Waals surface area contributed by atoms with Crippen molar-refractivity contribution < 1.29 is 4.79 Å². The van der Waals surface area contributed by atoms with Gasteiger partial charge in [0, 0.05) is 35.3 Å². The summed E-state index contributed by atoms with van der Waals surface area (Å²) in [6.45, 7) is 7.23. The van der Waals surface area contributed by atoms with Crippen molar-refractivity contribution >= 4 is 23.5 Å². The minimum Gasteiger partial charge on any atom is -0.320 e. The Labute approximate surface area is 131 Å².